The molecule has 2 unspecified atom stereocenters. The van der Waals surface area contributed by atoms with Gasteiger partial charge in [-0.25, -0.2) is 4.98 Å². The summed E-state index contributed by atoms with van der Waals surface area (Å²) in [6, 6.07) is 1.43. The molecule has 1 aromatic rings. The van der Waals surface area contributed by atoms with E-state index in [-0.39, 0.29) is 22.8 Å². The third kappa shape index (κ3) is 2.82. The zero-order valence-corrected chi connectivity index (χ0v) is 9.05. The smallest absolute Gasteiger partial charge is 0.220 e. The summed E-state index contributed by atoms with van der Waals surface area (Å²) in [5, 5.41) is 19.2. The Bertz CT molecular complexity index is 379. The number of pyridine rings is 1. The van der Waals surface area contributed by atoms with Crippen LogP contribution >= 0.6 is 11.6 Å². The number of amides is 1. The molecule has 16 heavy (non-hydrogen) atoms. The van der Waals surface area contributed by atoms with Crippen molar-refractivity contribution >= 4 is 23.2 Å². The van der Waals surface area contributed by atoms with Crippen LogP contribution in [0.25, 0.3) is 0 Å². The fourth-order valence-corrected chi connectivity index (χ4v) is 1.54. The molecule has 0 bridgehead atoms. The molecule has 0 saturated carbocycles. The minimum absolute atomic E-state index is 0.0176. The Morgan fingerprint density at radius 2 is 2.19 bits per heavy atom. The minimum Gasteiger partial charge on any atom is -0.398 e. The number of nitrogens with two attached hydrogens (primary N) is 2. The predicted molar refractivity (Wildman–Crippen MR) is 58.4 cm³/mol. The lowest BCUT2D eigenvalue weighted by molar-refractivity contribution is -0.121. The van der Waals surface area contributed by atoms with Gasteiger partial charge in [0.05, 0.1) is 12.5 Å². The van der Waals surface area contributed by atoms with Crippen molar-refractivity contribution in [1.29, 1.82) is 0 Å². The minimum atomic E-state index is -1.39. The summed E-state index contributed by atoms with van der Waals surface area (Å²) in [7, 11) is 0. The number of hydrogen-bond donors (Lipinski definition) is 4. The van der Waals surface area contributed by atoms with Gasteiger partial charge in [0.15, 0.2) is 0 Å². The Hall–Kier alpha value is -1.37. The highest BCUT2D eigenvalue weighted by molar-refractivity contribution is 6.30. The van der Waals surface area contributed by atoms with E-state index < -0.39 is 18.1 Å². The van der Waals surface area contributed by atoms with Gasteiger partial charge in [0.25, 0.3) is 0 Å². The van der Waals surface area contributed by atoms with Crippen LogP contribution in [-0.4, -0.2) is 27.2 Å². The average Bonchev–Trinajstić information content (AvgIpc) is 2.16. The van der Waals surface area contributed by atoms with Gasteiger partial charge in [-0.1, -0.05) is 11.6 Å². The third-order valence-corrected chi connectivity index (χ3v) is 2.35. The summed E-state index contributed by atoms with van der Waals surface area (Å²) >= 11 is 5.73. The van der Waals surface area contributed by atoms with Crippen LogP contribution in [0.1, 0.15) is 18.1 Å². The van der Waals surface area contributed by atoms with E-state index in [1.807, 2.05) is 0 Å². The summed E-state index contributed by atoms with van der Waals surface area (Å²) in [4.78, 5) is 14.3. The standard InChI is InChI=1S/C9H12ClN3O3/c10-9-7(4(11)1-2-13-9)8(16)5(14)3-6(12)15/h1-2,5,8,14,16H,3H2,(H2,11,13)(H2,12,15). The van der Waals surface area contributed by atoms with Gasteiger partial charge in [0, 0.05) is 17.4 Å². The molecule has 0 spiro atoms. The molecule has 0 aliphatic rings. The van der Waals surface area contributed by atoms with E-state index in [0.717, 1.165) is 0 Å². The number of hydrogen-bond acceptors (Lipinski definition) is 5. The van der Waals surface area contributed by atoms with Gasteiger partial charge in [0.1, 0.15) is 11.3 Å². The van der Waals surface area contributed by atoms with Crippen molar-refractivity contribution in [2.75, 3.05) is 5.73 Å². The number of carbonyl (C=O) groups excluding carboxylic acids is 1. The fourth-order valence-electron chi connectivity index (χ4n) is 1.26. The molecule has 0 aliphatic carbocycles. The van der Waals surface area contributed by atoms with E-state index in [1.165, 1.54) is 12.3 Å². The summed E-state index contributed by atoms with van der Waals surface area (Å²) in [6.45, 7) is 0. The van der Waals surface area contributed by atoms with Crippen LogP contribution in [0.2, 0.25) is 5.15 Å². The molecule has 7 heteroatoms. The summed E-state index contributed by atoms with van der Waals surface area (Å²) < 4.78 is 0. The lowest BCUT2D eigenvalue weighted by atomic mass is 10.0. The van der Waals surface area contributed by atoms with Gasteiger partial charge in [0.2, 0.25) is 5.91 Å². The second-order valence-corrected chi connectivity index (χ2v) is 3.65. The van der Waals surface area contributed by atoms with Crippen molar-refractivity contribution in [3.05, 3.63) is 23.0 Å². The second-order valence-electron chi connectivity index (χ2n) is 3.29. The lowest BCUT2D eigenvalue weighted by Crippen LogP contribution is -2.26. The summed E-state index contributed by atoms with van der Waals surface area (Å²) in [5.74, 6) is -0.731. The molecule has 6 N–H and O–H groups in total. The largest absolute Gasteiger partial charge is 0.398 e. The van der Waals surface area contributed by atoms with Crippen LogP contribution in [0, 0.1) is 0 Å². The monoisotopic (exact) mass is 245 g/mol. The number of aliphatic hydroxyl groups excluding tert-OH is 2. The first-order valence-corrected chi connectivity index (χ1v) is 4.85. The zero-order valence-electron chi connectivity index (χ0n) is 8.30. The maximum Gasteiger partial charge on any atom is 0.220 e. The van der Waals surface area contributed by atoms with E-state index in [9.17, 15) is 15.0 Å². The zero-order chi connectivity index (χ0) is 12.3. The third-order valence-electron chi connectivity index (χ3n) is 2.05. The second kappa shape index (κ2) is 5.11. The Kier molecular flexibility index (Phi) is 4.05. The highest BCUT2D eigenvalue weighted by atomic mass is 35.5. The van der Waals surface area contributed by atoms with Gasteiger partial charge in [-0.15, -0.1) is 0 Å². The molecule has 88 valence electrons. The number of aliphatic hydroxyl groups is 2. The van der Waals surface area contributed by atoms with Crippen molar-refractivity contribution in [1.82, 2.24) is 4.98 Å². The van der Waals surface area contributed by atoms with E-state index in [2.05, 4.69) is 4.98 Å². The number of anilines is 1. The Morgan fingerprint density at radius 1 is 1.56 bits per heavy atom. The van der Waals surface area contributed by atoms with Crippen LogP contribution < -0.4 is 11.5 Å². The first-order chi connectivity index (χ1) is 7.43. The molecular weight excluding hydrogens is 234 g/mol. The Morgan fingerprint density at radius 3 is 2.69 bits per heavy atom. The van der Waals surface area contributed by atoms with E-state index in [4.69, 9.17) is 23.1 Å². The van der Waals surface area contributed by atoms with E-state index in [1.54, 1.807) is 0 Å². The van der Waals surface area contributed by atoms with Gasteiger partial charge >= 0.3 is 0 Å². The van der Waals surface area contributed by atoms with Gasteiger partial charge < -0.3 is 21.7 Å². The normalized spacial score (nSPS) is 14.4. The van der Waals surface area contributed by atoms with E-state index >= 15 is 0 Å². The number of aromatic nitrogens is 1. The highest BCUT2D eigenvalue weighted by Crippen LogP contribution is 2.29. The Labute approximate surface area is 96.8 Å². The quantitative estimate of drug-likeness (QED) is 0.537. The van der Waals surface area contributed by atoms with Crippen molar-refractivity contribution < 1.29 is 15.0 Å². The molecule has 1 heterocycles. The van der Waals surface area contributed by atoms with Crippen molar-refractivity contribution in [3.8, 4) is 0 Å². The maximum atomic E-state index is 10.6. The van der Waals surface area contributed by atoms with Crippen LogP contribution in [0.4, 0.5) is 5.69 Å². The number of halogens is 1. The molecule has 1 rings (SSSR count). The number of nitrogens with zero attached hydrogens (tertiary/aromatic N) is 1. The summed E-state index contributed by atoms with van der Waals surface area (Å²) in [5.41, 5.74) is 10.8. The molecule has 0 fully saturated rings. The number of carbonyl (C=O) groups is 1. The molecule has 0 aliphatic heterocycles. The Balaban J connectivity index is 2.95. The number of rotatable bonds is 4. The molecule has 1 amide bonds. The first kappa shape index (κ1) is 12.7. The highest BCUT2D eigenvalue weighted by Gasteiger charge is 2.24. The molecule has 2 atom stereocenters. The fraction of sp³-hybridized carbons (Fsp3) is 0.333. The molecular formula is C9H12ClN3O3. The molecule has 1 aromatic heterocycles. The van der Waals surface area contributed by atoms with Gasteiger partial charge in [-0.3, -0.25) is 4.79 Å². The molecule has 0 saturated heterocycles. The predicted octanol–water partition coefficient (Wildman–Crippen LogP) is -0.413. The van der Waals surface area contributed by atoms with Crippen LogP contribution in [-0.2, 0) is 4.79 Å². The van der Waals surface area contributed by atoms with E-state index in [0.29, 0.717) is 0 Å². The molecule has 0 aromatic carbocycles. The first-order valence-electron chi connectivity index (χ1n) is 4.47. The molecule has 0 radical (unpaired) electrons. The lowest BCUT2D eigenvalue weighted by Gasteiger charge is -2.18. The van der Waals surface area contributed by atoms with Gasteiger partial charge in [-0.2, -0.15) is 0 Å². The maximum absolute atomic E-state index is 10.6. The van der Waals surface area contributed by atoms with Crippen LogP contribution in [0.15, 0.2) is 12.3 Å². The SMILES string of the molecule is NC(=O)CC(O)C(O)c1c(N)ccnc1Cl. The van der Waals surface area contributed by atoms with Crippen molar-refractivity contribution in [2.24, 2.45) is 5.73 Å². The average molecular weight is 246 g/mol. The molecule has 6 nitrogen and oxygen atoms in total. The number of nitrogen functional groups attached to an aromatic ring is 1. The number of primary amides is 1. The van der Waals surface area contributed by atoms with Crippen LogP contribution in [0.3, 0.4) is 0 Å². The summed E-state index contributed by atoms with van der Waals surface area (Å²) in [6.07, 6.45) is -1.77. The van der Waals surface area contributed by atoms with Crippen LogP contribution in [0.5, 0.6) is 0 Å². The van der Waals surface area contributed by atoms with Gasteiger partial charge in [-0.05, 0) is 6.07 Å². The topological polar surface area (TPSA) is 122 Å². The van der Waals surface area contributed by atoms with Crippen molar-refractivity contribution in [3.63, 3.8) is 0 Å². The van der Waals surface area contributed by atoms with Crippen molar-refractivity contribution in [2.45, 2.75) is 18.6 Å².